The summed E-state index contributed by atoms with van der Waals surface area (Å²) in [4.78, 5) is 24.0. The van der Waals surface area contributed by atoms with Crippen molar-refractivity contribution >= 4 is 11.4 Å². The van der Waals surface area contributed by atoms with Gasteiger partial charge in [-0.3, -0.25) is 20.2 Å². The van der Waals surface area contributed by atoms with Crippen LogP contribution in [0.2, 0.25) is 0 Å². The minimum atomic E-state index is -0.579. The number of hydrogen-bond donors (Lipinski definition) is 0. The summed E-state index contributed by atoms with van der Waals surface area (Å²) in [5, 5.41) is 21.3. The minimum absolute atomic E-state index is 0.140. The second-order valence-electron chi connectivity index (χ2n) is 3.36. The summed E-state index contributed by atoms with van der Waals surface area (Å²) in [5.74, 6) is 0. The average molecular weight is 244 g/mol. The molecule has 89 valence electrons. The summed E-state index contributed by atoms with van der Waals surface area (Å²) in [6.45, 7) is 0. The van der Waals surface area contributed by atoms with Crippen LogP contribution in [-0.4, -0.2) is 14.8 Å². The molecule has 0 aliphatic heterocycles. The predicted octanol–water partition coefficient (Wildman–Crippen LogP) is 2.37. The Morgan fingerprint density at radius 3 is 2.44 bits per heavy atom. The van der Waals surface area contributed by atoms with Gasteiger partial charge in [-0.15, -0.1) is 0 Å². The van der Waals surface area contributed by atoms with Gasteiger partial charge in [0.15, 0.2) is 0 Å². The van der Waals surface area contributed by atoms with E-state index >= 15 is 0 Å². The Bertz CT molecular complexity index is 610. The fraction of sp³-hybridized carbons (Fsp3) is 0. The Balaban J connectivity index is 2.49. The number of pyridine rings is 1. The van der Waals surface area contributed by atoms with Gasteiger partial charge in [0.1, 0.15) is 6.20 Å². The quantitative estimate of drug-likeness (QED) is 0.609. The van der Waals surface area contributed by atoms with E-state index in [4.69, 9.17) is 0 Å². The molecular weight excluding hydrogens is 238 g/mol. The molecule has 0 aliphatic carbocycles. The summed E-state index contributed by atoms with van der Waals surface area (Å²) in [7, 11) is 0. The molecule has 0 unspecified atom stereocenters. The van der Waals surface area contributed by atoms with E-state index in [2.05, 4.69) is 11.1 Å². The number of rotatable bonds is 3. The van der Waals surface area contributed by atoms with Gasteiger partial charge in [-0.05, 0) is 18.2 Å². The van der Waals surface area contributed by atoms with Crippen LogP contribution in [0.3, 0.4) is 0 Å². The van der Waals surface area contributed by atoms with E-state index < -0.39 is 9.85 Å². The molecule has 1 heterocycles. The van der Waals surface area contributed by atoms with E-state index in [0.717, 1.165) is 6.20 Å². The molecule has 0 fully saturated rings. The van der Waals surface area contributed by atoms with Crippen molar-refractivity contribution in [1.29, 1.82) is 0 Å². The van der Waals surface area contributed by atoms with E-state index in [1.165, 1.54) is 30.3 Å². The Hall–Kier alpha value is -2.83. The highest BCUT2D eigenvalue weighted by molar-refractivity contribution is 5.70. The predicted molar refractivity (Wildman–Crippen MR) is 61.8 cm³/mol. The molecular formula is C11H6N3O4. The highest BCUT2D eigenvalue weighted by atomic mass is 16.6. The van der Waals surface area contributed by atoms with Gasteiger partial charge < -0.3 is 0 Å². The fourth-order valence-electron chi connectivity index (χ4n) is 1.44. The molecule has 2 aromatic rings. The SMILES string of the molecule is O=[N+]([O-])c1ccc(-c2cc[c]cc2[N+](=O)[O-])nc1. The highest BCUT2D eigenvalue weighted by Gasteiger charge is 2.16. The van der Waals surface area contributed by atoms with Crippen molar-refractivity contribution in [2.75, 3.05) is 0 Å². The first-order chi connectivity index (χ1) is 8.59. The van der Waals surface area contributed by atoms with Crippen LogP contribution in [0.15, 0.2) is 36.5 Å². The first kappa shape index (κ1) is 11.6. The van der Waals surface area contributed by atoms with Crippen LogP contribution in [0.1, 0.15) is 0 Å². The van der Waals surface area contributed by atoms with Crippen LogP contribution in [0.5, 0.6) is 0 Å². The molecule has 7 nitrogen and oxygen atoms in total. The zero-order valence-corrected chi connectivity index (χ0v) is 8.94. The third kappa shape index (κ3) is 2.14. The van der Waals surface area contributed by atoms with E-state index in [-0.39, 0.29) is 11.4 Å². The van der Waals surface area contributed by atoms with Gasteiger partial charge in [0, 0.05) is 12.1 Å². The molecule has 7 heteroatoms. The molecule has 1 aromatic carbocycles. The number of nitro benzene ring substituents is 1. The largest absolute Gasteiger partial charge is 0.287 e. The van der Waals surface area contributed by atoms with Crippen molar-refractivity contribution in [3.05, 3.63) is 62.8 Å². The van der Waals surface area contributed by atoms with Crippen molar-refractivity contribution in [2.24, 2.45) is 0 Å². The van der Waals surface area contributed by atoms with Crippen LogP contribution in [-0.2, 0) is 0 Å². The van der Waals surface area contributed by atoms with Crippen molar-refractivity contribution in [3.63, 3.8) is 0 Å². The fourth-order valence-corrected chi connectivity index (χ4v) is 1.44. The highest BCUT2D eigenvalue weighted by Crippen LogP contribution is 2.28. The summed E-state index contributed by atoms with van der Waals surface area (Å²) in [6.07, 6.45) is 1.07. The van der Waals surface area contributed by atoms with E-state index in [1.807, 2.05) is 0 Å². The minimum Gasteiger partial charge on any atom is -0.258 e. The number of nitro groups is 2. The molecule has 0 aliphatic rings. The van der Waals surface area contributed by atoms with E-state index in [9.17, 15) is 20.2 Å². The van der Waals surface area contributed by atoms with Crippen LogP contribution < -0.4 is 0 Å². The number of hydrogen-bond acceptors (Lipinski definition) is 5. The van der Waals surface area contributed by atoms with Gasteiger partial charge in [-0.25, -0.2) is 4.98 Å². The van der Waals surface area contributed by atoms with Crippen molar-refractivity contribution in [3.8, 4) is 11.3 Å². The Morgan fingerprint density at radius 2 is 1.89 bits per heavy atom. The molecule has 0 spiro atoms. The van der Waals surface area contributed by atoms with Crippen molar-refractivity contribution in [1.82, 2.24) is 4.98 Å². The molecule has 1 aromatic heterocycles. The van der Waals surface area contributed by atoms with Crippen LogP contribution in [0, 0.1) is 26.3 Å². The Kier molecular flexibility index (Phi) is 2.96. The molecule has 0 amide bonds. The summed E-state index contributed by atoms with van der Waals surface area (Å²) >= 11 is 0. The topological polar surface area (TPSA) is 99.2 Å². The van der Waals surface area contributed by atoms with Crippen LogP contribution in [0.25, 0.3) is 11.3 Å². The first-order valence-electron chi connectivity index (χ1n) is 4.85. The third-order valence-electron chi connectivity index (χ3n) is 2.27. The van der Waals surface area contributed by atoms with Gasteiger partial charge in [-0.1, -0.05) is 6.07 Å². The molecule has 0 saturated heterocycles. The van der Waals surface area contributed by atoms with Crippen molar-refractivity contribution < 1.29 is 9.85 Å². The third-order valence-corrected chi connectivity index (χ3v) is 2.27. The summed E-state index contributed by atoms with van der Waals surface area (Å²) in [6, 6.07) is 9.48. The van der Waals surface area contributed by atoms with Gasteiger partial charge in [-0.2, -0.15) is 0 Å². The summed E-state index contributed by atoms with van der Waals surface area (Å²) in [5.41, 5.74) is 0.303. The van der Waals surface area contributed by atoms with Crippen LogP contribution >= 0.6 is 0 Å². The first-order valence-corrected chi connectivity index (χ1v) is 4.85. The van der Waals surface area contributed by atoms with Gasteiger partial charge in [0.2, 0.25) is 0 Å². The molecule has 2 rings (SSSR count). The van der Waals surface area contributed by atoms with Gasteiger partial charge >= 0.3 is 0 Å². The molecule has 0 atom stereocenters. The van der Waals surface area contributed by atoms with Gasteiger partial charge in [0.25, 0.3) is 11.4 Å². The molecule has 1 radical (unpaired) electrons. The average Bonchev–Trinajstić information content (AvgIpc) is 2.39. The lowest BCUT2D eigenvalue weighted by Gasteiger charge is -2.01. The maximum Gasteiger partial charge on any atom is 0.287 e. The lowest BCUT2D eigenvalue weighted by Crippen LogP contribution is -1.94. The molecule has 0 saturated carbocycles. The lowest BCUT2D eigenvalue weighted by molar-refractivity contribution is -0.385. The second-order valence-corrected chi connectivity index (χ2v) is 3.36. The molecule has 0 bridgehead atoms. The zero-order chi connectivity index (χ0) is 13.1. The zero-order valence-electron chi connectivity index (χ0n) is 8.94. The Labute approximate surface area is 101 Å². The molecule has 0 N–H and O–H groups in total. The number of benzene rings is 1. The van der Waals surface area contributed by atoms with Gasteiger partial charge in [0.05, 0.1) is 21.1 Å². The maximum absolute atomic E-state index is 10.8. The maximum atomic E-state index is 10.8. The lowest BCUT2D eigenvalue weighted by atomic mass is 10.1. The van der Waals surface area contributed by atoms with Crippen molar-refractivity contribution in [2.45, 2.75) is 0 Å². The Morgan fingerprint density at radius 1 is 1.11 bits per heavy atom. The van der Waals surface area contributed by atoms with E-state index in [1.54, 1.807) is 0 Å². The van der Waals surface area contributed by atoms with E-state index in [0.29, 0.717) is 11.3 Å². The summed E-state index contributed by atoms with van der Waals surface area (Å²) < 4.78 is 0. The monoisotopic (exact) mass is 244 g/mol. The normalized spacial score (nSPS) is 10.0. The standard InChI is InChI=1S/C11H6N3O4/c15-13(16)8-5-6-10(12-7-8)9-3-1-2-4-11(9)14(17)18/h1,3-7H. The second kappa shape index (κ2) is 4.58. The molecule has 18 heavy (non-hydrogen) atoms. The van der Waals surface area contributed by atoms with Crippen LogP contribution in [0.4, 0.5) is 11.4 Å². The number of nitrogens with zero attached hydrogens (tertiary/aromatic N) is 3. The smallest absolute Gasteiger partial charge is 0.258 e. The number of aromatic nitrogens is 1.